The van der Waals surface area contributed by atoms with Crippen LogP contribution in [0.2, 0.25) is 0 Å². The summed E-state index contributed by atoms with van der Waals surface area (Å²) in [5.41, 5.74) is 0. The minimum atomic E-state index is -2.54. The van der Waals surface area contributed by atoms with Crippen molar-refractivity contribution in [2.45, 2.75) is 25.7 Å². The molecule has 1 heterocycles. The van der Waals surface area contributed by atoms with E-state index in [0.717, 1.165) is 0 Å². The molecule has 5 nitrogen and oxygen atoms in total. The fourth-order valence-electron chi connectivity index (χ4n) is 1.90. The van der Waals surface area contributed by atoms with E-state index >= 15 is 0 Å². The van der Waals surface area contributed by atoms with Crippen molar-refractivity contribution in [3.63, 3.8) is 0 Å². The molecule has 0 aliphatic carbocycles. The van der Waals surface area contributed by atoms with Gasteiger partial charge < -0.3 is 14.7 Å². The maximum Gasteiger partial charge on any atom is 0.308 e. The summed E-state index contributed by atoms with van der Waals surface area (Å²) >= 11 is 0. The topological polar surface area (TPSA) is 66.8 Å². The Bertz CT molecular complexity index is 299. The van der Waals surface area contributed by atoms with Gasteiger partial charge in [0.2, 0.25) is 5.91 Å². The Labute approximate surface area is 104 Å². The quantitative estimate of drug-likeness (QED) is 0.727. The van der Waals surface area contributed by atoms with Crippen molar-refractivity contribution in [3.8, 4) is 0 Å². The number of nitrogens with zero attached hydrogens (tertiary/aromatic N) is 1. The first-order valence-electron chi connectivity index (χ1n) is 5.87. The third-order valence-corrected chi connectivity index (χ3v) is 2.83. The molecular formula is C11H17F2NO4. The van der Waals surface area contributed by atoms with E-state index in [-0.39, 0.29) is 25.5 Å². The van der Waals surface area contributed by atoms with Crippen LogP contribution in [0.1, 0.15) is 19.3 Å². The number of likely N-dealkylation sites (tertiary alicyclic amines) is 1. The van der Waals surface area contributed by atoms with Crippen molar-refractivity contribution in [1.29, 1.82) is 0 Å². The molecule has 0 saturated carbocycles. The van der Waals surface area contributed by atoms with Gasteiger partial charge in [-0.2, -0.15) is 0 Å². The van der Waals surface area contributed by atoms with Crippen LogP contribution in [0.4, 0.5) is 8.78 Å². The van der Waals surface area contributed by atoms with Crippen molar-refractivity contribution in [2.75, 3.05) is 26.3 Å². The summed E-state index contributed by atoms with van der Waals surface area (Å²) in [7, 11) is 0. The molecule has 104 valence electrons. The van der Waals surface area contributed by atoms with E-state index in [4.69, 9.17) is 5.11 Å². The summed E-state index contributed by atoms with van der Waals surface area (Å²) in [4.78, 5) is 24.0. The van der Waals surface area contributed by atoms with Gasteiger partial charge in [0.05, 0.1) is 18.9 Å². The largest absolute Gasteiger partial charge is 0.481 e. The predicted molar refractivity (Wildman–Crippen MR) is 58.4 cm³/mol. The summed E-state index contributed by atoms with van der Waals surface area (Å²) in [5, 5.41) is 8.87. The Balaban J connectivity index is 2.26. The first kappa shape index (κ1) is 14.8. The lowest BCUT2D eigenvalue weighted by Gasteiger charge is -2.30. The van der Waals surface area contributed by atoms with Gasteiger partial charge in [0.15, 0.2) is 0 Å². The van der Waals surface area contributed by atoms with E-state index in [0.29, 0.717) is 19.4 Å². The van der Waals surface area contributed by atoms with Crippen LogP contribution >= 0.6 is 0 Å². The first-order chi connectivity index (χ1) is 8.50. The molecule has 7 heteroatoms. The number of amides is 1. The molecule has 1 saturated heterocycles. The number of halogens is 2. The molecule has 0 spiro atoms. The highest BCUT2D eigenvalue weighted by atomic mass is 19.3. The predicted octanol–water partition coefficient (Wildman–Crippen LogP) is 0.981. The van der Waals surface area contributed by atoms with E-state index in [1.807, 2.05) is 0 Å². The van der Waals surface area contributed by atoms with Crippen LogP contribution in [0.3, 0.4) is 0 Å². The second kappa shape index (κ2) is 7.25. The van der Waals surface area contributed by atoms with Gasteiger partial charge in [0.25, 0.3) is 6.43 Å². The normalized spacial score (nSPS) is 20.2. The summed E-state index contributed by atoms with van der Waals surface area (Å²) in [6.07, 6.45) is -1.30. The molecular weight excluding hydrogens is 248 g/mol. The Kier molecular flexibility index (Phi) is 5.97. The first-order valence-corrected chi connectivity index (χ1v) is 5.87. The Hall–Kier alpha value is -1.24. The zero-order chi connectivity index (χ0) is 13.5. The lowest BCUT2D eigenvalue weighted by molar-refractivity contribution is -0.146. The summed E-state index contributed by atoms with van der Waals surface area (Å²) in [6.45, 7) is -0.0110. The van der Waals surface area contributed by atoms with Crippen LogP contribution in [-0.2, 0) is 14.3 Å². The van der Waals surface area contributed by atoms with Gasteiger partial charge in [-0.25, -0.2) is 8.78 Å². The van der Waals surface area contributed by atoms with Gasteiger partial charge in [-0.3, -0.25) is 9.59 Å². The SMILES string of the molecule is O=C(O)[C@@H]1CCCN(C(=O)CCOCC(F)F)C1. The minimum Gasteiger partial charge on any atom is -0.481 e. The van der Waals surface area contributed by atoms with Crippen molar-refractivity contribution >= 4 is 11.9 Å². The Morgan fingerprint density at radius 3 is 2.78 bits per heavy atom. The van der Waals surface area contributed by atoms with Gasteiger partial charge in [-0.1, -0.05) is 0 Å². The third kappa shape index (κ3) is 4.95. The number of piperidine rings is 1. The Morgan fingerprint density at radius 1 is 1.44 bits per heavy atom. The molecule has 0 aromatic carbocycles. The number of carboxylic acids is 1. The molecule has 0 aromatic rings. The molecule has 1 fully saturated rings. The molecule has 1 amide bonds. The molecule has 1 aliphatic rings. The molecule has 1 aliphatic heterocycles. The molecule has 1 rings (SSSR count). The number of aliphatic carboxylic acids is 1. The van der Waals surface area contributed by atoms with Crippen LogP contribution in [-0.4, -0.2) is 54.6 Å². The number of ether oxygens (including phenoxy) is 1. The highest BCUT2D eigenvalue weighted by Gasteiger charge is 2.27. The highest BCUT2D eigenvalue weighted by Crippen LogP contribution is 2.17. The summed E-state index contributed by atoms with van der Waals surface area (Å²) in [5.74, 6) is -1.67. The van der Waals surface area contributed by atoms with Crippen molar-refractivity contribution in [3.05, 3.63) is 0 Å². The van der Waals surface area contributed by atoms with Crippen LogP contribution in [0.25, 0.3) is 0 Å². The van der Waals surface area contributed by atoms with E-state index in [1.54, 1.807) is 0 Å². The summed E-state index contributed by atoms with van der Waals surface area (Å²) < 4.78 is 28.2. The minimum absolute atomic E-state index is 0.0130. The van der Waals surface area contributed by atoms with Crippen LogP contribution in [0, 0.1) is 5.92 Å². The highest BCUT2D eigenvalue weighted by molar-refractivity contribution is 5.78. The number of hydrogen-bond acceptors (Lipinski definition) is 3. The number of carbonyl (C=O) groups excluding carboxylic acids is 1. The lowest BCUT2D eigenvalue weighted by Crippen LogP contribution is -2.42. The standard InChI is InChI=1S/C11H17F2NO4/c12-9(13)7-18-5-3-10(15)14-4-1-2-8(6-14)11(16)17/h8-9H,1-7H2,(H,16,17)/t8-/m1/s1. The smallest absolute Gasteiger partial charge is 0.308 e. The third-order valence-electron chi connectivity index (χ3n) is 2.83. The van der Waals surface area contributed by atoms with Crippen molar-refractivity contribution in [1.82, 2.24) is 4.90 Å². The number of carboxylic acid groups (broad SMARTS) is 1. The van der Waals surface area contributed by atoms with Gasteiger partial charge in [-0.15, -0.1) is 0 Å². The molecule has 0 aromatic heterocycles. The maximum absolute atomic E-state index is 11.8. The van der Waals surface area contributed by atoms with Crippen LogP contribution in [0.5, 0.6) is 0 Å². The molecule has 0 bridgehead atoms. The number of carbonyl (C=O) groups is 2. The molecule has 1 N–H and O–H groups in total. The number of rotatable bonds is 6. The van der Waals surface area contributed by atoms with Crippen molar-refractivity contribution < 1.29 is 28.2 Å². The molecule has 18 heavy (non-hydrogen) atoms. The van der Waals surface area contributed by atoms with Gasteiger partial charge >= 0.3 is 5.97 Å². The van der Waals surface area contributed by atoms with E-state index in [1.165, 1.54) is 4.90 Å². The fraction of sp³-hybridized carbons (Fsp3) is 0.818. The average Bonchev–Trinajstić information content (AvgIpc) is 2.34. The average molecular weight is 265 g/mol. The van der Waals surface area contributed by atoms with Gasteiger partial charge in [0.1, 0.15) is 6.61 Å². The Morgan fingerprint density at radius 2 is 2.17 bits per heavy atom. The second-order valence-corrected chi connectivity index (χ2v) is 4.23. The second-order valence-electron chi connectivity index (χ2n) is 4.23. The monoisotopic (exact) mass is 265 g/mol. The lowest BCUT2D eigenvalue weighted by atomic mass is 9.98. The van der Waals surface area contributed by atoms with Crippen LogP contribution < -0.4 is 0 Å². The van der Waals surface area contributed by atoms with Crippen molar-refractivity contribution in [2.24, 2.45) is 5.92 Å². The van der Waals surface area contributed by atoms with E-state index in [9.17, 15) is 18.4 Å². The van der Waals surface area contributed by atoms with Crippen LogP contribution in [0.15, 0.2) is 0 Å². The molecule has 0 unspecified atom stereocenters. The van der Waals surface area contributed by atoms with E-state index < -0.39 is 24.9 Å². The maximum atomic E-state index is 11.8. The van der Waals surface area contributed by atoms with Gasteiger partial charge in [0, 0.05) is 13.1 Å². The number of hydrogen-bond donors (Lipinski definition) is 1. The van der Waals surface area contributed by atoms with Gasteiger partial charge in [-0.05, 0) is 12.8 Å². The molecule has 0 radical (unpaired) electrons. The number of alkyl halides is 2. The molecule has 1 atom stereocenters. The van der Waals surface area contributed by atoms with E-state index in [2.05, 4.69) is 4.74 Å². The fourth-order valence-corrected chi connectivity index (χ4v) is 1.90. The summed E-state index contributed by atoms with van der Waals surface area (Å²) in [6, 6.07) is 0. The zero-order valence-electron chi connectivity index (χ0n) is 9.98. The zero-order valence-corrected chi connectivity index (χ0v) is 9.98.